The fourth-order valence-corrected chi connectivity index (χ4v) is 3.08. The van der Waals surface area contributed by atoms with Crippen LogP contribution in [0.2, 0.25) is 0 Å². The normalized spacial score (nSPS) is 15.5. The number of aliphatic imine (C=N–C) groups is 1. The van der Waals surface area contributed by atoms with Gasteiger partial charge in [-0.15, -0.1) is 35.0 Å². The number of nitrogens with zero attached hydrogens (tertiary/aromatic N) is 1. The Balaban J connectivity index is 0.00000121. The average Bonchev–Trinajstić information content (AvgIpc) is 2.58. The van der Waals surface area contributed by atoms with Crippen LogP contribution < -0.4 is 103 Å². The van der Waals surface area contributed by atoms with E-state index in [2.05, 4.69) is 11.1 Å². The maximum absolute atomic E-state index is 11.2. The first kappa shape index (κ1) is 21.6. The van der Waals surface area contributed by atoms with Crippen molar-refractivity contribution in [1.29, 1.82) is 0 Å². The number of hydrogen-bond donors (Lipinski definition) is 0. The molecular weight excluding hydrogens is 352 g/mol. The quantitative estimate of drug-likeness (QED) is 0.306. The van der Waals surface area contributed by atoms with Gasteiger partial charge in [-0.1, -0.05) is 19.9 Å². The van der Waals surface area contributed by atoms with Crippen molar-refractivity contribution in [3.8, 4) is 0 Å². The van der Waals surface area contributed by atoms with Crippen LogP contribution in [0.25, 0.3) is 10.8 Å². The fraction of sp³-hybridized carbons (Fsp3) is 0.267. The van der Waals surface area contributed by atoms with Crippen LogP contribution in [0, 0.1) is 6.07 Å². The molecule has 0 aliphatic carbocycles. The van der Waals surface area contributed by atoms with Crippen LogP contribution in [0.4, 0.5) is 5.69 Å². The van der Waals surface area contributed by atoms with E-state index in [-0.39, 0.29) is 113 Å². The molecule has 0 fully saturated rings. The summed E-state index contributed by atoms with van der Waals surface area (Å²) in [6, 6.07) is 9.28. The zero-order valence-electron chi connectivity index (χ0n) is 13.4. The summed E-state index contributed by atoms with van der Waals surface area (Å²) in [5.41, 5.74) is 2.46. The third kappa shape index (κ3) is 3.71. The summed E-state index contributed by atoms with van der Waals surface area (Å²) >= 11 is 0. The minimum Gasteiger partial charge on any atom is -0.752 e. The van der Waals surface area contributed by atoms with E-state index in [0.29, 0.717) is 0 Å². The van der Waals surface area contributed by atoms with Gasteiger partial charge in [0.1, 0.15) is 0 Å². The Labute approximate surface area is 215 Å². The molecule has 0 atom stereocenters. The molecule has 4 nitrogen and oxygen atoms in total. The minimum atomic E-state index is -4.48. The maximum atomic E-state index is 11.2. The predicted octanol–water partition coefficient (Wildman–Crippen LogP) is -3.06. The molecule has 2 aromatic carbocycles. The van der Waals surface area contributed by atoms with Crippen molar-refractivity contribution in [2.75, 3.05) is 0 Å². The summed E-state index contributed by atoms with van der Waals surface area (Å²) in [6.45, 7) is 6.02. The molecule has 0 aromatic heterocycles. The largest absolute Gasteiger partial charge is 1.00 e. The molecule has 1 heterocycles. The number of hydrogen-bond acceptors (Lipinski definition) is 4. The molecule has 0 amide bonds. The van der Waals surface area contributed by atoms with Gasteiger partial charge in [-0.05, 0) is 17.4 Å². The molecule has 0 unspecified atom stereocenters. The summed E-state index contributed by atoms with van der Waals surface area (Å²) in [7, 11) is -4.48. The SMILES string of the molecule is CC1=Nc2ccc3[c-]cc(S(=O)(=O)[O-])cc3c2C1(C)C.[K+].[K+]. The smallest absolute Gasteiger partial charge is 0.752 e. The second-order valence-electron chi connectivity index (χ2n) is 5.53. The molecule has 0 bridgehead atoms. The van der Waals surface area contributed by atoms with Crippen molar-refractivity contribution < 1.29 is 116 Å². The van der Waals surface area contributed by atoms with E-state index < -0.39 is 10.1 Å². The van der Waals surface area contributed by atoms with Gasteiger partial charge in [0, 0.05) is 16.8 Å². The first-order chi connectivity index (χ1) is 9.21. The molecular formula is C15H13K2NO3S. The van der Waals surface area contributed by atoms with Gasteiger partial charge in [0.2, 0.25) is 0 Å². The van der Waals surface area contributed by atoms with Gasteiger partial charge in [-0.25, -0.2) is 8.42 Å². The van der Waals surface area contributed by atoms with Crippen LogP contribution in [-0.4, -0.2) is 18.7 Å². The third-order valence-corrected chi connectivity index (χ3v) is 4.80. The Bertz CT molecular complexity index is 874. The third-order valence-electron chi connectivity index (χ3n) is 3.99. The van der Waals surface area contributed by atoms with Crippen molar-refractivity contribution in [3.05, 3.63) is 35.9 Å². The second-order valence-corrected chi connectivity index (χ2v) is 6.91. The molecule has 0 saturated heterocycles. The standard InChI is InChI=1S/C15H14NO3S.2K/c1-9-15(2,3)14-12-8-11(20(17,18)19)6-4-10(12)5-7-13(14)16-9;;/h5-8H,1-3H3,(H,17,18,19);;/q-1;2*+1/p-1. The fourth-order valence-electron chi connectivity index (χ4n) is 2.61. The number of fused-ring (bicyclic) bond motifs is 3. The minimum absolute atomic E-state index is 0. The van der Waals surface area contributed by atoms with Crippen LogP contribution in [0.3, 0.4) is 0 Å². The van der Waals surface area contributed by atoms with Crippen molar-refractivity contribution >= 4 is 32.3 Å². The molecule has 2 aromatic rings. The Hall–Kier alpha value is 1.55. The van der Waals surface area contributed by atoms with E-state index in [1.807, 2.05) is 32.9 Å². The first-order valence-electron chi connectivity index (χ1n) is 6.22. The summed E-state index contributed by atoms with van der Waals surface area (Å²) in [5.74, 6) is 0. The summed E-state index contributed by atoms with van der Waals surface area (Å²) < 4.78 is 33.6. The maximum Gasteiger partial charge on any atom is 1.00 e. The first-order valence-corrected chi connectivity index (χ1v) is 7.62. The van der Waals surface area contributed by atoms with Crippen LogP contribution in [0.5, 0.6) is 0 Å². The zero-order valence-corrected chi connectivity index (χ0v) is 20.5. The van der Waals surface area contributed by atoms with Crippen molar-refractivity contribution in [3.63, 3.8) is 0 Å². The van der Waals surface area contributed by atoms with Gasteiger partial charge in [0.05, 0.1) is 10.1 Å². The Morgan fingerprint density at radius 3 is 2.45 bits per heavy atom. The summed E-state index contributed by atoms with van der Waals surface area (Å²) in [6.07, 6.45) is 0. The molecule has 3 rings (SSSR count). The van der Waals surface area contributed by atoms with E-state index in [9.17, 15) is 13.0 Å². The topological polar surface area (TPSA) is 69.6 Å². The molecule has 22 heavy (non-hydrogen) atoms. The molecule has 7 heteroatoms. The van der Waals surface area contributed by atoms with Crippen LogP contribution in [-0.2, 0) is 15.5 Å². The van der Waals surface area contributed by atoms with E-state index >= 15 is 0 Å². The molecule has 0 N–H and O–H groups in total. The van der Waals surface area contributed by atoms with Crippen molar-refractivity contribution in [1.82, 2.24) is 0 Å². The molecule has 0 spiro atoms. The van der Waals surface area contributed by atoms with Gasteiger partial charge >= 0.3 is 103 Å². The van der Waals surface area contributed by atoms with Crippen LogP contribution in [0.15, 0.2) is 34.2 Å². The summed E-state index contributed by atoms with van der Waals surface area (Å²) in [4.78, 5) is 4.27. The predicted molar refractivity (Wildman–Crippen MR) is 76.5 cm³/mol. The molecule has 0 radical (unpaired) electrons. The Kier molecular flexibility index (Phi) is 7.29. The van der Waals surface area contributed by atoms with Gasteiger partial charge < -0.3 is 4.55 Å². The van der Waals surface area contributed by atoms with Crippen LogP contribution >= 0.6 is 0 Å². The van der Waals surface area contributed by atoms with E-state index in [1.54, 1.807) is 0 Å². The van der Waals surface area contributed by atoms with E-state index in [1.165, 1.54) is 12.1 Å². The number of rotatable bonds is 1. The van der Waals surface area contributed by atoms with Crippen molar-refractivity contribution in [2.24, 2.45) is 4.99 Å². The zero-order chi connectivity index (χ0) is 14.7. The Morgan fingerprint density at radius 2 is 1.86 bits per heavy atom. The molecule has 1 aliphatic heterocycles. The van der Waals surface area contributed by atoms with Gasteiger partial charge in [-0.3, -0.25) is 4.99 Å². The van der Waals surface area contributed by atoms with Crippen molar-refractivity contribution in [2.45, 2.75) is 31.1 Å². The molecule has 0 saturated carbocycles. The second kappa shape index (κ2) is 7.43. The van der Waals surface area contributed by atoms with Gasteiger partial charge in [0.25, 0.3) is 0 Å². The van der Waals surface area contributed by atoms with E-state index in [4.69, 9.17) is 0 Å². The Morgan fingerprint density at radius 1 is 1.23 bits per heavy atom. The van der Waals surface area contributed by atoms with E-state index in [0.717, 1.165) is 27.7 Å². The number of benzene rings is 2. The average molecular weight is 366 g/mol. The van der Waals surface area contributed by atoms with Gasteiger partial charge in [0.15, 0.2) is 0 Å². The van der Waals surface area contributed by atoms with Crippen LogP contribution in [0.1, 0.15) is 26.3 Å². The molecule has 1 aliphatic rings. The monoisotopic (exact) mass is 365 g/mol. The van der Waals surface area contributed by atoms with Gasteiger partial charge in [-0.2, -0.15) is 0 Å². The summed E-state index contributed by atoms with van der Waals surface area (Å²) in [5, 5.41) is 1.51. The molecule has 104 valence electrons.